The molecule has 0 fully saturated rings. The van der Waals surface area contributed by atoms with Gasteiger partial charge in [-0.1, -0.05) is 15.9 Å². The summed E-state index contributed by atoms with van der Waals surface area (Å²) in [6.07, 6.45) is 3.53. The largest absolute Gasteiger partial charge is 0.493 e. The minimum Gasteiger partial charge on any atom is -0.493 e. The summed E-state index contributed by atoms with van der Waals surface area (Å²) in [6.45, 7) is -1.97. The van der Waals surface area contributed by atoms with Crippen molar-refractivity contribution < 1.29 is 27.8 Å². The second kappa shape index (κ2) is 9.26. The maximum absolute atomic E-state index is 12.7. The zero-order valence-electron chi connectivity index (χ0n) is 16.0. The van der Waals surface area contributed by atoms with Gasteiger partial charge in [0, 0.05) is 29.2 Å². The zero-order chi connectivity index (χ0) is 21.0. The second-order valence-electron chi connectivity index (χ2n) is 6.38. The minimum atomic E-state index is -2.94. The van der Waals surface area contributed by atoms with Crippen molar-refractivity contribution in [3.05, 3.63) is 57.6 Å². The summed E-state index contributed by atoms with van der Waals surface area (Å²) in [6, 6.07) is 8.45. The fourth-order valence-corrected chi connectivity index (χ4v) is 3.57. The zero-order valence-corrected chi connectivity index (χ0v) is 17.5. The molecule has 0 atom stereocenters. The van der Waals surface area contributed by atoms with Crippen molar-refractivity contribution >= 4 is 27.9 Å². The van der Waals surface area contributed by atoms with E-state index in [4.69, 9.17) is 9.47 Å². The Hall–Kier alpha value is -2.61. The molecule has 0 radical (unpaired) electrons. The van der Waals surface area contributed by atoms with E-state index in [9.17, 15) is 13.6 Å². The van der Waals surface area contributed by atoms with Crippen LogP contribution >= 0.6 is 15.9 Å². The summed E-state index contributed by atoms with van der Waals surface area (Å²) in [4.78, 5) is 14.4. The van der Waals surface area contributed by atoms with E-state index in [1.807, 2.05) is 12.1 Å². The molecule has 0 saturated carbocycles. The van der Waals surface area contributed by atoms with E-state index in [0.717, 1.165) is 11.1 Å². The highest BCUT2D eigenvalue weighted by molar-refractivity contribution is 9.10. The van der Waals surface area contributed by atoms with Crippen molar-refractivity contribution in [1.82, 2.24) is 4.90 Å². The van der Waals surface area contributed by atoms with Crippen molar-refractivity contribution in [2.45, 2.75) is 19.6 Å². The van der Waals surface area contributed by atoms with Gasteiger partial charge in [-0.2, -0.15) is 8.78 Å². The summed E-state index contributed by atoms with van der Waals surface area (Å²) < 4.78 is 41.1. The lowest BCUT2D eigenvalue weighted by molar-refractivity contribution is -0.126. The van der Waals surface area contributed by atoms with Crippen LogP contribution in [-0.4, -0.2) is 38.2 Å². The summed E-state index contributed by atoms with van der Waals surface area (Å²) in [5.74, 6) is 1.06. The third-order valence-corrected chi connectivity index (χ3v) is 5.12. The minimum absolute atomic E-state index is 0.00747. The van der Waals surface area contributed by atoms with Crippen LogP contribution in [0.15, 0.2) is 40.9 Å². The molecule has 0 unspecified atom stereocenters. The number of hydrogen-bond donors (Lipinski definition) is 0. The van der Waals surface area contributed by atoms with E-state index in [-0.39, 0.29) is 11.7 Å². The Morgan fingerprint density at radius 3 is 2.45 bits per heavy atom. The maximum Gasteiger partial charge on any atom is 0.387 e. The van der Waals surface area contributed by atoms with Gasteiger partial charge in [0.1, 0.15) is 5.75 Å². The average Bonchev–Trinajstić information content (AvgIpc) is 2.71. The molecule has 1 amide bonds. The number of fused-ring (bicyclic) bond motifs is 1. The first-order valence-electron chi connectivity index (χ1n) is 8.86. The van der Waals surface area contributed by atoms with Crippen LogP contribution in [0.2, 0.25) is 0 Å². The molecule has 2 aromatic carbocycles. The van der Waals surface area contributed by atoms with E-state index >= 15 is 0 Å². The Kier molecular flexibility index (Phi) is 6.74. The summed E-state index contributed by atoms with van der Waals surface area (Å²) >= 11 is 3.30. The molecule has 0 N–H and O–H groups in total. The van der Waals surface area contributed by atoms with E-state index in [1.165, 1.54) is 18.2 Å². The van der Waals surface area contributed by atoms with Gasteiger partial charge >= 0.3 is 6.61 Å². The van der Waals surface area contributed by atoms with E-state index in [1.54, 1.807) is 31.3 Å². The van der Waals surface area contributed by atoms with Crippen LogP contribution in [0.4, 0.5) is 8.78 Å². The molecular formula is C21H20BrF2NO4. The molecule has 0 aliphatic carbocycles. The highest BCUT2D eigenvalue weighted by Crippen LogP contribution is 2.33. The van der Waals surface area contributed by atoms with Gasteiger partial charge in [0.2, 0.25) is 5.91 Å². The number of hydrogen-bond acceptors (Lipinski definition) is 4. The Morgan fingerprint density at radius 1 is 1.10 bits per heavy atom. The maximum atomic E-state index is 12.7. The SMILES string of the molecule is COc1cc2c(cc1OC)CN(C(=O)/C=C/c1cc(Br)ccc1OC(F)F)CC2. The molecule has 5 nitrogen and oxygen atoms in total. The summed E-state index contributed by atoms with van der Waals surface area (Å²) in [7, 11) is 3.15. The fraction of sp³-hybridized carbons (Fsp3) is 0.286. The molecule has 1 aliphatic rings. The lowest BCUT2D eigenvalue weighted by Gasteiger charge is -2.28. The number of alkyl halides is 2. The predicted octanol–water partition coefficient (Wildman–Crippen LogP) is 4.67. The first-order valence-corrected chi connectivity index (χ1v) is 9.65. The highest BCUT2D eigenvalue weighted by atomic mass is 79.9. The van der Waals surface area contributed by atoms with E-state index in [0.29, 0.717) is 41.0 Å². The van der Waals surface area contributed by atoms with Crippen molar-refractivity contribution in [2.75, 3.05) is 20.8 Å². The number of carbonyl (C=O) groups is 1. The van der Waals surface area contributed by atoms with Crippen LogP contribution in [-0.2, 0) is 17.8 Å². The first kappa shape index (κ1) is 21.1. The molecule has 0 aromatic heterocycles. The molecule has 29 heavy (non-hydrogen) atoms. The average molecular weight is 468 g/mol. The summed E-state index contributed by atoms with van der Waals surface area (Å²) in [5, 5.41) is 0. The van der Waals surface area contributed by atoms with Crippen LogP contribution < -0.4 is 14.2 Å². The lowest BCUT2D eigenvalue weighted by Crippen LogP contribution is -2.34. The van der Waals surface area contributed by atoms with Gasteiger partial charge in [0.15, 0.2) is 11.5 Å². The molecule has 154 valence electrons. The molecule has 0 spiro atoms. The number of amides is 1. The molecule has 1 heterocycles. The Balaban J connectivity index is 1.77. The predicted molar refractivity (Wildman–Crippen MR) is 108 cm³/mol. The number of methoxy groups -OCH3 is 2. The van der Waals surface area contributed by atoms with Crippen molar-refractivity contribution in [3.8, 4) is 17.2 Å². The first-order chi connectivity index (χ1) is 13.9. The van der Waals surface area contributed by atoms with E-state index in [2.05, 4.69) is 20.7 Å². The third kappa shape index (κ3) is 5.06. The Morgan fingerprint density at radius 2 is 1.79 bits per heavy atom. The van der Waals surface area contributed by atoms with E-state index < -0.39 is 6.61 Å². The monoisotopic (exact) mass is 467 g/mol. The number of carbonyl (C=O) groups excluding carboxylic acids is 1. The number of ether oxygens (including phenoxy) is 3. The quantitative estimate of drug-likeness (QED) is 0.579. The summed E-state index contributed by atoms with van der Waals surface area (Å²) in [5.41, 5.74) is 2.48. The molecule has 8 heteroatoms. The van der Waals surface area contributed by atoms with Crippen molar-refractivity contribution in [2.24, 2.45) is 0 Å². The van der Waals surface area contributed by atoms with Crippen LogP contribution in [0.25, 0.3) is 6.08 Å². The molecule has 1 aliphatic heterocycles. The molecule has 0 bridgehead atoms. The number of benzene rings is 2. The molecule has 0 saturated heterocycles. The topological polar surface area (TPSA) is 48.0 Å². The van der Waals surface area contributed by atoms with Crippen LogP contribution in [0.3, 0.4) is 0 Å². The number of nitrogens with zero attached hydrogens (tertiary/aromatic N) is 1. The van der Waals surface area contributed by atoms with Crippen LogP contribution in [0.1, 0.15) is 16.7 Å². The van der Waals surface area contributed by atoms with Gasteiger partial charge in [-0.05, 0) is 54.0 Å². The van der Waals surface area contributed by atoms with Gasteiger partial charge in [-0.3, -0.25) is 4.79 Å². The van der Waals surface area contributed by atoms with Gasteiger partial charge < -0.3 is 19.1 Å². The molecule has 3 rings (SSSR count). The van der Waals surface area contributed by atoms with Crippen molar-refractivity contribution in [1.29, 1.82) is 0 Å². The molecular weight excluding hydrogens is 448 g/mol. The van der Waals surface area contributed by atoms with Gasteiger partial charge in [0.05, 0.1) is 14.2 Å². The standard InChI is InChI=1S/C21H20BrF2NO4/c1-27-18-10-13-7-8-25(12-15(13)11-19(18)28-2)20(26)6-3-14-9-16(22)4-5-17(14)29-21(23)24/h3-6,9-11,21H,7-8,12H2,1-2H3/b6-3+. The fourth-order valence-electron chi connectivity index (χ4n) is 3.19. The highest BCUT2D eigenvalue weighted by Gasteiger charge is 2.21. The number of halogens is 3. The van der Waals surface area contributed by atoms with Gasteiger partial charge in [-0.25, -0.2) is 0 Å². The van der Waals surface area contributed by atoms with Gasteiger partial charge in [0.25, 0.3) is 0 Å². The Bertz CT molecular complexity index is 933. The molecule has 2 aromatic rings. The third-order valence-electron chi connectivity index (χ3n) is 4.62. The normalized spacial score (nSPS) is 13.5. The smallest absolute Gasteiger partial charge is 0.387 e. The van der Waals surface area contributed by atoms with Crippen molar-refractivity contribution in [3.63, 3.8) is 0 Å². The Labute approximate surface area is 176 Å². The van der Waals surface area contributed by atoms with Crippen LogP contribution in [0.5, 0.6) is 17.2 Å². The van der Waals surface area contributed by atoms with Crippen LogP contribution in [0, 0.1) is 0 Å². The van der Waals surface area contributed by atoms with Gasteiger partial charge in [-0.15, -0.1) is 0 Å². The lowest BCUT2D eigenvalue weighted by atomic mass is 9.98. The number of rotatable bonds is 6. The second-order valence-corrected chi connectivity index (χ2v) is 7.30.